The molecule has 0 amide bonds. The van der Waals surface area contributed by atoms with Crippen LogP contribution in [0.25, 0.3) is 0 Å². The Bertz CT molecular complexity index is 166. The molecule has 0 N–H and O–H groups in total. The van der Waals surface area contributed by atoms with E-state index >= 15 is 0 Å². The Kier molecular flexibility index (Phi) is 0.682. The molecule has 0 aromatic heterocycles. The van der Waals surface area contributed by atoms with Gasteiger partial charge in [0, 0.05) is 0 Å². The maximum absolute atomic E-state index is 2.28. The van der Waals surface area contributed by atoms with Crippen LogP contribution in [0.1, 0.15) is 19.8 Å². The molecule has 0 aromatic carbocycles. The number of hydrogen-bond acceptors (Lipinski definition) is 0. The molecule has 1 saturated carbocycles. The van der Waals surface area contributed by atoms with Crippen molar-refractivity contribution in [2.24, 2.45) is 5.92 Å². The van der Waals surface area contributed by atoms with Gasteiger partial charge in [-0.3, -0.25) is 0 Å². The first-order valence-electron chi connectivity index (χ1n) is 3.22. The molecule has 1 atom stereocenters. The van der Waals surface area contributed by atoms with Gasteiger partial charge >= 0.3 is 0 Å². The minimum Gasteiger partial charge on any atom is -0.0727 e. The van der Waals surface area contributed by atoms with E-state index in [0.717, 1.165) is 5.92 Å². The molecule has 2 aliphatic rings. The van der Waals surface area contributed by atoms with E-state index in [2.05, 4.69) is 19.1 Å². The fourth-order valence-electron chi connectivity index (χ4n) is 1.34. The van der Waals surface area contributed by atoms with E-state index in [4.69, 9.17) is 0 Å². The van der Waals surface area contributed by atoms with Crippen LogP contribution in [0.4, 0.5) is 0 Å². The van der Waals surface area contributed by atoms with Crippen molar-refractivity contribution in [3.63, 3.8) is 0 Å². The predicted octanol–water partition coefficient (Wildman–Crippen LogP) is 2.28. The molecule has 2 aliphatic carbocycles. The topological polar surface area (TPSA) is 0 Å². The second kappa shape index (κ2) is 1.25. The molecule has 0 aliphatic heterocycles. The molecule has 0 radical (unpaired) electrons. The van der Waals surface area contributed by atoms with Gasteiger partial charge in [0.1, 0.15) is 0 Å². The van der Waals surface area contributed by atoms with Gasteiger partial charge in [0.15, 0.2) is 0 Å². The maximum atomic E-state index is 2.28. The summed E-state index contributed by atoms with van der Waals surface area (Å²) in [6.45, 7) is 2.21. The molecule has 1 unspecified atom stereocenters. The van der Waals surface area contributed by atoms with Crippen LogP contribution in [0.2, 0.25) is 0 Å². The molecule has 0 heteroatoms. The monoisotopic (exact) mass is 106 g/mol. The minimum atomic E-state index is 0.972. The fourth-order valence-corrected chi connectivity index (χ4v) is 1.34. The van der Waals surface area contributed by atoms with Crippen LogP contribution in [-0.4, -0.2) is 0 Å². The molecule has 8 heavy (non-hydrogen) atoms. The third-order valence-electron chi connectivity index (χ3n) is 2.00. The van der Waals surface area contributed by atoms with Gasteiger partial charge in [0.25, 0.3) is 0 Å². The lowest BCUT2D eigenvalue weighted by Gasteiger charge is -1.98. The Hall–Kier alpha value is -0.520. The van der Waals surface area contributed by atoms with Crippen molar-refractivity contribution in [1.82, 2.24) is 0 Å². The standard InChI is InChI=1S/C8H10/c1-6-2-3-7-5-8(7)4-6/h2-3,8H,4-5H2,1H3. The van der Waals surface area contributed by atoms with E-state index in [0.29, 0.717) is 0 Å². The Labute approximate surface area is 49.9 Å². The van der Waals surface area contributed by atoms with Crippen molar-refractivity contribution in [2.75, 3.05) is 0 Å². The molecule has 0 nitrogen and oxygen atoms in total. The smallest absolute Gasteiger partial charge is 0.0125 e. The lowest BCUT2D eigenvalue weighted by molar-refractivity contribution is 0.840. The van der Waals surface area contributed by atoms with E-state index in [9.17, 15) is 0 Å². The Balaban J connectivity index is 2.27. The van der Waals surface area contributed by atoms with Crippen LogP contribution >= 0.6 is 0 Å². The SMILES string of the molecule is CC1=CC=C2CC2C1. The van der Waals surface area contributed by atoms with Crippen molar-refractivity contribution in [3.05, 3.63) is 23.3 Å². The first kappa shape index (κ1) is 4.37. The lowest BCUT2D eigenvalue weighted by Crippen LogP contribution is -1.82. The van der Waals surface area contributed by atoms with E-state index in [1.807, 2.05) is 0 Å². The van der Waals surface area contributed by atoms with Crippen LogP contribution in [-0.2, 0) is 0 Å². The van der Waals surface area contributed by atoms with Gasteiger partial charge in [-0.1, -0.05) is 23.3 Å². The summed E-state index contributed by atoms with van der Waals surface area (Å²) < 4.78 is 0. The van der Waals surface area contributed by atoms with E-state index in [-0.39, 0.29) is 0 Å². The summed E-state index contributed by atoms with van der Waals surface area (Å²) in [7, 11) is 0. The highest BCUT2D eigenvalue weighted by Crippen LogP contribution is 2.44. The molecule has 0 saturated heterocycles. The fraction of sp³-hybridized carbons (Fsp3) is 0.500. The average molecular weight is 106 g/mol. The molecule has 0 heterocycles. The Morgan fingerprint density at radius 3 is 2.88 bits per heavy atom. The average Bonchev–Trinajstić information content (AvgIpc) is 2.43. The third kappa shape index (κ3) is 0.525. The summed E-state index contributed by atoms with van der Waals surface area (Å²) in [6.07, 6.45) is 7.25. The van der Waals surface area contributed by atoms with Crippen molar-refractivity contribution in [2.45, 2.75) is 19.8 Å². The Morgan fingerprint density at radius 2 is 2.25 bits per heavy atom. The van der Waals surface area contributed by atoms with Crippen molar-refractivity contribution < 1.29 is 0 Å². The quantitative estimate of drug-likeness (QED) is 0.444. The molecule has 2 rings (SSSR count). The number of allylic oxidation sites excluding steroid dienone is 4. The summed E-state index contributed by atoms with van der Waals surface area (Å²) in [5.41, 5.74) is 3.23. The highest BCUT2D eigenvalue weighted by Gasteiger charge is 2.30. The minimum absolute atomic E-state index is 0.972. The molecule has 0 aromatic rings. The second-order valence-electron chi connectivity index (χ2n) is 2.86. The molecule has 42 valence electrons. The van der Waals surface area contributed by atoms with Crippen LogP contribution < -0.4 is 0 Å². The summed E-state index contributed by atoms with van der Waals surface area (Å²) in [6, 6.07) is 0. The molecule has 0 spiro atoms. The summed E-state index contributed by atoms with van der Waals surface area (Å²) in [4.78, 5) is 0. The van der Waals surface area contributed by atoms with E-state index < -0.39 is 0 Å². The highest BCUT2D eigenvalue weighted by molar-refractivity contribution is 5.35. The van der Waals surface area contributed by atoms with Crippen LogP contribution in [0.15, 0.2) is 23.3 Å². The zero-order valence-electron chi connectivity index (χ0n) is 5.15. The van der Waals surface area contributed by atoms with Crippen molar-refractivity contribution >= 4 is 0 Å². The predicted molar refractivity (Wildman–Crippen MR) is 34.6 cm³/mol. The normalized spacial score (nSPS) is 32.9. The van der Waals surface area contributed by atoms with Gasteiger partial charge in [-0.05, 0) is 25.7 Å². The summed E-state index contributed by atoms with van der Waals surface area (Å²) >= 11 is 0. The first-order chi connectivity index (χ1) is 3.86. The van der Waals surface area contributed by atoms with Crippen LogP contribution in [0.3, 0.4) is 0 Å². The van der Waals surface area contributed by atoms with Gasteiger partial charge < -0.3 is 0 Å². The number of hydrogen-bond donors (Lipinski definition) is 0. The zero-order valence-corrected chi connectivity index (χ0v) is 5.15. The highest BCUT2D eigenvalue weighted by atomic mass is 14.3. The first-order valence-corrected chi connectivity index (χ1v) is 3.22. The molecule has 0 bridgehead atoms. The molecular formula is C8H10. The van der Waals surface area contributed by atoms with Crippen molar-refractivity contribution in [1.29, 1.82) is 0 Å². The molecular weight excluding hydrogens is 96.1 g/mol. The van der Waals surface area contributed by atoms with Gasteiger partial charge in [-0.25, -0.2) is 0 Å². The second-order valence-corrected chi connectivity index (χ2v) is 2.86. The number of fused-ring (bicyclic) bond motifs is 1. The van der Waals surface area contributed by atoms with Gasteiger partial charge in [0.2, 0.25) is 0 Å². The maximum Gasteiger partial charge on any atom is -0.0125 e. The summed E-state index contributed by atoms with van der Waals surface area (Å²) in [5.74, 6) is 0.972. The lowest BCUT2D eigenvalue weighted by atomic mass is 10.1. The van der Waals surface area contributed by atoms with Gasteiger partial charge in [0.05, 0.1) is 0 Å². The van der Waals surface area contributed by atoms with Crippen LogP contribution in [0, 0.1) is 5.92 Å². The number of rotatable bonds is 0. The largest absolute Gasteiger partial charge is 0.0727 e. The zero-order chi connectivity index (χ0) is 5.56. The van der Waals surface area contributed by atoms with Crippen LogP contribution in [0.5, 0.6) is 0 Å². The van der Waals surface area contributed by atoms with E-state index in [1.165, 1.54) is 12.8 Å². The van der Waals surface area contributed by atoms with Crippen molar-refractivity contribution in [3.8, 4) is 0 Å². The molecule has 1 fully saturated rings. The van der Waals surface area contributed by atoms with Gasteiger partial charge in [-0.15, -0.1) is 0 Å². The van der Waals surface area contributed by atoms with E-state index in [1.54, 1.807) is 11.1 Å². The Morgan fingerprint density at radius 1 is 1.38 bits per heavy atom. The summed E-state index contributed by atoms with van der Waals surface area (Å²) in [5, 5.41) is 0. The van der Waals surface area contributed by atoms with Gasteiger partial charge in [-0.2, -0.15) is 0 Å². The third-order valence-corrected chi connectivity index (χ3v) is 2.00.